The van der Waals surface area contributed by atoms with Crippen molar-refractivity contribution in [3.63, 3.8) is 0 Å². The quantitative estimate of drug-likeness (QED) is 0.280. The van der Waals surface area contributed by atoms with Crippen LogP contribution in [0.4, 0.5) is 0 Å². The maximum atomic E-state index is 12.3. The molecule has 0 saturated heterocycles. The van der Waals surface area contributed by atoms with Gasteiger partial charge in [-0.1, -0.05) is 12.1 Å². The summed E-state index contributed by atoms with van der Waals surface area (Å²) in [5.74, 6) is -5.79. The second kappa shape index (κ2) is 8.28. The normalized spacial score (nSPS) is 18.5. The fourth-order valence-corrected chi connectivity index (χ4v) is 4.73. The molecule has 1 unspecified atom stereocenters. The molecule has 11 nitrogen and oxygen atoms in total. The minimum atomic E-state index is -1.47. The van der Waals surface area contributed by atoms with Crippen molar-refractivity contribution in [3.05, 3.63) is 69.3 Å². The number of hydrogen-bond acceptors (Lipinski definition) is 7. The molecular weight excluding hydrogens is 434 g/mol. The molecule has 11 heteroatoms. The molecule has 0 aromatic heterocycles. The summed E-state index contributed by atoms with van der Waals surface area (Å²) in [5, 5.41) is 48.0. The first kappa shape index (κ1) is 23.9. The van der Waals surface area contributed by atoms with Crippen LogP contribution < -0.4 is 16.0 Å². The van der Waals surface area contributed by atoms with Crippen molar-refractivity contribution < 1.29 is 39.6 Å². The molecule has 0 bridgehead atoms. The fraction of sp³-hybridized carbons (Fsp3) is 0.273. The van der Waals surface area contributed by atoms with Gasteiger partial charge in [0.05, 0.1) is 33.5 Å². The lowest BCUT2D eigenvalue weighted by Crippen LogP contribution is -2.52. The predicted octanol–water partition coefficient (Wildman–Crippen LogP) is 0.938. The first-order valence-corrected chi connectivity index (χ1v) is 9.82. The van der Waals surface area contributed by atoms with Crippen molar-refractivity contribution in [1.82, 2.24) is 16.0 Å². The standard InChI is InChI=1S/C22H23N3O8/c1-23-21(10-4-5-11(17(26)27)13(8-10)19(30)31)9-22(24-2,25-3)14-7-6-12(18(28)29)15(16(14)21)20(32)33/h4-8,23-25H,9H2,1-3H3,(H,26,27)(H,28,29)(H,30,31)(H,32,33). The lowest BCUT2D eigenvalue weighted by Gasteiger charge is -2.35. The Balaban J connectivity index is 2.50. The van der Waals surface area contributed by atoms with Gasteiger partial charge in [0.15, 0.2) is 0 Å². The number of rotatable bonds is 8. The molecule has 3 rings (SSSR count). The largest absolute Gasteiger partial charge is 0.478 e. The van der Waals surface area contributed by atoms with Gasteiger partial charge in [-0.2, -0.15) is 0 Å². The van der Waals surface area contributed by atoms with E-state index < -0.39 is 57.3 Å². The number of aromatic carboxylic acids is 4. The van der Waals surface area contributed by atoms with E-state index in [2.05, 4.69) is 16.0 Å². The Hall–Kier alpha value is -3.80. The maximum Gasteiger partial charge on any atom is 0.336 e. The summed E-state index contributed by atoms with van der Waals surface area (Å²) in [5.41, 5.74) is -3.29. The molecule has 0 aliphatic heterocycles. The van der Waals surface area contributed by atoms with Crippen molar-refractivity contribution in [3.8, 4) is 0 Å². The smallest absolute Gasteiger partial charge is 0.336 e. The average Bonchev–Trinajstić information content (AvgIpc) is 3.09. The van der Waals surface area contributed by atoms with E-state index in [1.165, 1.54) is 31.3 Å². The number of carboxylic acids is 4. The minimum Gasteiger partial charge on any atom is -0.478 e. The van der Waals surface area contributed by atoms with Gasteiger partial charge in [-0.15, -0.1) is 0 Å². The molecular formula is C22H23N3O8. The molecule has 0 saturated carbocycles. The molecule has 0 fully saturated rings. The Morgan fingerprint density at radius 1 is 0.727 bits per heavy atom. The van der Waals surface area contributed by atoms with Crippen LogP contribution in [0.25, 0.3) is 0 Å². The molecule has 0 radical (unpaired) electrons. The summed E-state index contributed by atoms with van der Waals surface area (Å²) in [4.78, 5) is 47.5. The van der Waals surface area contributed by atoms with Crippen LogP contribution in [-0.4, -0.2) is 65.4 Å². The number of benzene rings is 2. The molecule has 1 aliphatic rings. The van der Waals surface area contributed by atoms with Crippen LogP contribution in [0.15, 0.2) is 30.3 Å². The summed E-state index contributed by atoms with van der Waals surface area (Å²) >= 11 is 0. The number of fused-ring (bicyclic) bond motifs is 1. The fourth-order valence-electron chi connectivity index (χ4n) is 4.73. The summed E-state index contributed by atoms with van der Waals surface area (Å²) in [6.45, 7) is 0. The van der Waals surface area contributed by atoms with E-state index in [1.807, 2.05) is 0 Å². The summed E-state index contributed by atoms with van der Waals surface area (Å²) < 4.78 is 0. The topological polar surface area (TPSA) is 185 Å². The Morgan fingerprint density at radius 3 is 1.73 bits per heavy atom. The van der Waals surface area contributed by atoms with E-state index in [0.717, 1.165) is 6.07 Å². The van der Waals surface area contributed by atoms with Crippen molar-refractivity contribution in [2.45, 2.75) is 17.6 Å². The predicted molar refractivity (Wildman–Crippen MR) is 115 cm³/mol. The molecule has 1 aliphatic carbocycles. The van der Waals surface area contributed by atoms with E-state index in [9.17, 15) is 39.6 Å². The molecule has 1 atom stereocenters. The molecule has 2 aromatic carbocycles. The highest BCUT2D eigenvalue weighted by atomic mass is 16.4. The van der Waals surface area contributed by atoms with Gasteiger partial charge in [-0.05, 0) is 56.0 Å². The number of hydrogen-bond donors (Lipinski definition) is 7. The molecule has 33 heavy (non-hydrogen) atoms. The van der Waals surface area contributed by atoms with Crippen LogP contribution in [0.1, 0.15) is 64.5 Å². The van der Waals surface area contributed by atoms with Crippen LogP contribution in [0.3, 0.4) is 0 Å². The minimum absolute atomic E-state index is 0.119. The summed E-state index contributed by atoms with van der Waals surface area (Å²) in [6.07, 6.45) is 0.119. The van der Waals surface area contributed by atoms with Gasteiger partial charge < -0.3 is 25.7 Å². The monoisotopic (exact) mass is 457 g/mol. The molecule has 174 valence electrons. The van der Waals surface area contributed by atoms with Gasteiger partial charge >= 0.3 is 23.9 Å². The van der Waals surface area contributed by atoms with Crippen LogP contribution in [0, 0.1) is 0 Å². The highest BCUT2D eigenvalue weighted by Gasteiger charge is 2.54. The lowest BCUT2D eigenvalue weighted by molar-refractivity contribution is 0.0649. The van der Waals surface area contributed by atoms with Gasteiger partial charge in [0.2, 0.25) is 0 Å². The number of carboxylic acid groups (broad SMARTS) is 4. The van der Waals surface area contributed by atoms with E-state index in [0.29, 0.717) is 5.56 Å². The SMILES string of the molecule is CNC1(NC)CC(NC)(c2ccc(C(=O)O)c(C(=O)O)c2)c2c1ccc(C(=O)O)c2C(=O)O. The van der Waals surface area contributed by atoms with Crippen LogP contribution in [0.2, 0.25) is 0 Å². The Labute approximate surface area is 188 Å². The first-order valence-electron chi connectivity index (χ1n) is 9.82. The lowest BCUT2D eigenvalue weighted by atomic mass is 9.79. The van der Waals surface area contributed by atoms with Crippen molar-refractivity contribution in [1.29, 1.82) is 0 Å². The number of carbonyl (C=O) groups is 4. The van der Waals surface area contributed by atoms with Gasteiger partial charge in [0.25, 0.3) is 0 Å². The van der Waals surface area contributed by atoms with Crippen LogP contribution in [0.5, 0.6) is 0 Å². The third-order valence-corrected chi connectivity index (χ3v) is 6.32. The zero-order chi connectivity index (χ0) is 24.7. The summed E-state index contributed by atoms with van der Waals surface area (Å²) in [6, 6.07) is 6.44. The van der Waals surface area contributed by atoms with Crippen molar-refractivity contribution in [2.24, 2.45) is 0 Å². The summed E-state index contributed by atoms with van der Waals surface area (Å²) in [7, 11) is 4.83. The molecule has 0 spiro atoms. The second-order valence-electron chi connectivity index (χ2n) is 7.63. The Morgan fingerprint density at radius 2 is 1.27 bits per heavy atom. The highest BCUT2D eigenvalue weighted by Crippen LogP contribution is 2.51. The molecule has 7 N–H and O–H groups in total. The van der Waals surface area contributed by atoms with Crippen molar-refractivity contribution in [2.75, 3.05) is 21.1 Å². The molecule has 0 heterocycles. The maximum absolute atomic E-state index is 12.3. The Bertz CT molecular complexity index is 1190. The van der Waals surface area contributed by atoms with E-state index in [4.69, 9.17) is 0 Å². The molecule has 0 amide bonds. The zero-order valence-corrected chi connectivity index (χ0v) is 18.0. The number of nitrogens with one attached hydrogen (secondary N) is 3. The third-order valence-electron chi connectivity index (χ3n) is 6.32. The van der Waals surface area contributed by atoms with E-state index in [1.54, 1.807) is 14.1 Å². The van der Waals surface area contributed by atoms with Crippen molar-refractivity contribution >= 4 is 23.9 Å². The van der Waals surface area contributed by atoms with Gasteiger partial charge in [0, 0.05) is 6.42 Å². The highest BCUT2D eigenvalue weighted by molar-refractivity contribution is 6.04. The zero-order valence-electron chi connectivity index (χ0n) is 18.0. The van der Waals surface area contributed by atoms with Gasteiger partial charge in [-0.25, -0.2) is 19.2 Å². The average molecular weight is 457 g/mol. The van der Waals surface area contributed by atoms with Gasteiger partial charge in [0.1, 0.15) is 0 Å². The molecule has 2 aromatic rings. The van der Waals surface area contributed by atoms with Crippen LogP contribution >= 0.6 is 0 Å². The first-order chi connectivity index (χ1) is 15.5. The van der Waals surface area contributed by atoms with E-state index in [-0.39, 0.29) is 17.5 Å². The third kappa shape index (κ3) is 3.42. The Kier molecular flexibility index (Phi) is 5.98. The van der Waals surface area contributed by atoms with Crippen LogP contribution in [-0.2, 0) is 11.2 Å². The second-order valence-corrected chi connectivity index (χ2v) is 7.63. The van der Waals surface area contributed by atoms with E-state index >= 15 is 0 Å². The van der Waals surface area contributed by atoms with Gasteiger partial charge in [-0.3, -0.25) is 10.6 Å².